The third-order valence-electron chi connectivity index (χ3n) is 3.79. The van der Waals surface area contributed by atoms with Crippen LogP contribution in [-0.2, 0) is 9.59 Å². The fourth-order valence-electron chi connectivity index (χ4n) is 2.48. The van der Waals surface area contributed by atoms with Crippen LogP contribution in [-0.4, -0.2) is 49.3 Å². The second kappa shape index (κ2) is 7.47. The Labute approximate surface area is 149 Å². The number of carbonyl (C=O) groups is 2. The van der Waals surface area contributed by atoms with Gasteiger partial charge in [0.25, 0.3) is 0 Å². The van der Waals surface area contributed by atoms with Gasteiger partial charge < -0.3 is 15.0 Å². The fourth-order valence-corrected chi connectivity index (χ4v) is 3.33. The Morgan fingerprint density at radius 3 is 2.76 bits per heavy atom. The molecule has 1 fully saturated rings. The molecule has 0 spiro atoms. The van der Waals surface area contributed by atoms with Crippen LogP contribution in [0.3, 0.4) is 0 Å². The number of anilines is 3. The lowest BCUT2D eigenvalue weighted by atomic mass is 10.3. The van der Waals surface area contributed by atoms with E-state index in [-0.39, 0.29) is 18.4 Å². The van der Waals surface area contributed by atoms with Crippen molar-refractivity contribution < 1.29 is 14.3 Å². The first-order valence-electron chi connectivity index (χ1n) is 7.86. The van der Waals surface area contributed by atoms with Crippen LogP contribution < -0.4 is 19.9 Å². The zero-order valence-electron chi connectivity index (χ0n) is 14.1. The quantitative estimate of drug-likeness (QED) is 0.843. The molecule has 1 N–H and O–H groups in total. The third-order valence-corrected chi connectivity index (χ3v) is 4.85. The molecule has 1 aliphatic rings. The summed E-state index contributed by atoms with van der Waals surface area (Å²) in [4.78, 5) is 27.3. The van der Waals surface area contributed by atoms with Gasteiger partial charge in [-0.05, 0) is 30.7 Å². The van der Waals surface area contributed by atoms with Crippen molar-refractivity contribution in [3.63, 3.8) is 0 Å². The van der Waals surface area contributed by atoms with Gasteiger partial charge in [0.15, 0.2) is 0 Å². The van der Waals surface area contributed by atoms with Crippen molar-refractivity contribution in [2.75, 3.05) is 42.4 Å². The number of hydrogen-bond acceptors (Lipinski definition) is 7. The summed E-state index contributed by atoms with van der Waals surface area (Å²) < 4.78 is 5.09. The first-order chi connectivity index (χ1) is 12.1. The minimum Gasteiger partial charge on any atom is -0.497 e. The molecule has 25 heavy (non-hydrogen) atoms. The van der Waals surface area contributed by atoms with Gasteiger partial charge >= 0.3 is 0 Å². The lowest BCUT2D eigenvalue weighted by Crippen LogP contribution is -2.30. The molecule has 0 unspecified atom stereocenters. The molecule has 1 saturated heterocycles. The monoisotopic (exact) mass is 361 g/mol. The van der Waals surface area contributed by atoms with E-state index in [1.807, 2.05) is 0 Å². The van der Waals surface area contributed by atoms with Gasteiger partial charge in [-0.3, -0.25) is 14.5 Å². The number of ether oxygens (including phenoxy) is 1. The van der Waals surface area contributed by atoms with Crippen molar-refractivity contribution in [3.8, 4) is 5.75 Å². The number of methoxy groups -OCH3 is 1. The summed E-state index contributed by atoms with van der Waals surface area (Å²) in [6.07, 6.45) is 1.39. The predicted octanol–water partition coefficient (Wildman–Crippen LogP) is 1.75. The highest BCUT2D eigenvalue weighted by atomic mass is 32.1. The molecule has 2 aromatic rings. The van der Waals surface area contributed by atoms with E-state index in [1.54, 1.807) is 48.2 Å². The number of nitrogens with one attached hydrogen (secondary N) is 1. The standard InChI is InChI=1S/C16H19N5O3S/c1-20(10-13(22)17-11-5-7-12(24-2)8-6-11)15-18-19-16(25-15)21-9-3-4-14(21)23/h5-8H,3-4,9-10H2,1-2H3,(H,17,22). The number of nitrogens with zero attached hydrogens (tertiary/aromatic N) is 4. The number of aromatic nitrogens is 2. The van der Waals surface area contributed by atoms with Crippen molar-refractivity contribution in [1.82, 2.24) is 10.2 Å². The first kappa shape index (κ1) is 17.2. The fraction of sp³-hybridized carbons (Fsp3) is 0.375. The van der Waals surface area contributed by atoms with Gasteiger partial charge in [0.05, 0.1) is 13.7 Å². The van der Waals surface area contributed by atoms with Gasteiger partial charge in [0.2, 0.25) is 22.1 Å². The lowest BCUT2D eigenvalue weighted by Gasteiger charge is -2.15. The highest BCUT2D eigenvalue weighted by Gasteiger charge is 2.25. The molecule has 1 aliphatic heterocycles. The topological polar surface area (TPSA) is 87.7 Å². The molecule has 132 valence electrons. The van der Waals surface area contributed by atoms with E-state index < -0.39 is 0 Å². The van der Waals surface area contributed by atoms with Crippen LogP contribution in [0.15, 0.2) is 24.3 Å². The van der Waals surface area contributed by atoms with Gasteiger partial charge in [0, 0.05) is 25.7 Å². The number of benzene rings is 1. The van der Waals surface area contributed by atoms with Gasteiger partial charge in [0.1, 0.15) is 5.75 Å². The molecule has 1 aromatic heterocycles. The summed E-state index contributed by atoms with van der Waals surface area (Å²) >= 11 is 1.31. The van der Waals surface area contributed by atoms with E-state index >= 15 is 0 Å². The molecule has 3 rings (SSSR count). The average Bonchev–Trinajstić information content (AvgIpc) is 3.24. The Bertz CT molecular complexity index is 761. The van der Waals surface area contributed by atoms with E-state index in [9.17, 15) is 9.59 Å². The molecule has 2 amide bonds. The average molecular weight is 361 g/mol. The third kappa shape index (κ3) is 4.05. The largest absolute Gasteiger partial charge is 0.497 e. The van der Waals surface area contributed by atoms with Gasteiger partial charge in [-0.2, -0.15) is 0 Å². The van der Waals surface area contributed by atoms with E-state index in [0.29, 0.717) is 28.9 Å². The zero-order valence-corrected chi connectivity index (χ0v) is 14.9. The van der Waals surface area contributed by atoms with Crippen LogP contribution in [0.2, 0.25) is 0 Å². The molecule has 1 aromatic carbocycles. The summed E-state index contributed by atoms with van der Waals surface area (Å²) in [6.45, 7) is 0.809. The lowest BCUT2D eigenvalue weighted by molar-refractivity contribution is -0.117. The van der Waals surface area contributed by atoms with Crippen LogP contribution in [0.1, 0.15) is 12.8 Å². The number of rotatable bonds is 6. The summed E-state index contributed by atoms with van der Waals surface area (Å²) in [6, 6.07) is 7.12. The highest BCUT2D eigenvalue weighted by molar-refractivity contribution is 7.19. The molecular weight excluding hydrogens is 342 g/mol. The smallest absolute Gasteiger partial charge is 0.243 e. The van der Waals surface area contributed by atoms with Crippen LogP contribution in [0.4, 0.5) is 16.0 Å². The maximum Gasteiger partial charge on any atom is 0.243 e. The number of carbonyl (C=O) groups excluding carboxylic acids is 2. The van der Waals surface area contributed by atoms with E-state index in [1.165, 1.54) is 11.3 Å². The molecule has 0 radical (unpaired) electrons. The molecule has 0 saturated carbocycles. The van der Waals surface area contributed by atoms with Crippen molar-refractivity contribution in [3.05, 3.63) is 24.3 Å². The first-order valence-corrected chi connectivity index (χ1v) is 8.67. The van der Waals surface area contributed by atoms with Crippen molar-refractivity contribution in [1.29, 1.82) is 0 Å². The normalized spacial score (nSPS) is 13.8. The predicted molar refractivity (Wildman–Crippen MR) is 96.4 cm³/mol. The maximum absolute atomic E-state index is 12.2. The zero-order chi connectivity index (χ0) is 17.8. The minimum atomic E-state index is -0.165. The Kier molecular flexibility index (Phi) is 5.13. The number of amides is 2. The Morgan fingerprint density at radius 2 is 2.12 bits per heavy atom. The second-order valence-corrected chi connectivity index (χ2v) is 6.58. The van der Waals surface area contributed by atoms with Gasteiger partial charge in [-0.1, -0.05) is 11.3 Å². The summed E-state index contributed by atoms with van der Waals surface area (Å²) in [5, 5.41) is 12.1. The van der Waals surface area contributed by atoms with Crippen LogP contribution in [0, 0.1) is 0 Å². The molecule has 9 heteroatoms. The Morgan fingerprint density at radius 1 is 1.36 bits per heavy atom. The van der Waals surface area contributed by atoms with Crippen LogP contribution in [0.5, 0.6) is 5.75 Å². The SMILES string of the molecule is COc1ccc(NC(=O)CN(C)c2nnc(N3CCCC3=O)s2)cc1. The van der Waals surface area contributed by atoms with E-state index in [0.717, 1.165) is 12.2 Å². The van der Waals surface area contributed by atoms with Gasteiger partial charge in [-0.15, -0.1) is 10.2 Å². The molecule has 0 bridgehead atoms. The Hall–Kier alpha value is -2.68. The summed E-state index contributed by atoms with van der Waals surface area (Å²) in [7, 11) is 3.36. The van der Waals surface area contributed by atoms with E-state index in [4.69, 9.17) is 4.74 Å². The number of likely N-dealkylation sites (N-methyl/N-ethyl adjacent to an activating group) is 1. The molecule has 0 atom stereocenters. The molecular formula is C16H19N5O3S. The minimum absolute atomic E-state index is 0.0719. The molecule has 0 aliphatic carbocycles. The summed E-state index contributed by atoms with van der Waals surface area (Å²) in [5.41, 5.74) is 0.694. The summed E-state index contributed by atoms with van der Waals surface area (Å²) in [5.74, 6) is 0.636. The maximum atomic E-state index is 12.2. The van der Waals surface area contributed by atoms with Crippen molar-refractivity contribution >= 4 is 39.1 Å². The van der Waals surface area contributed by atoms with E-state index in [2.05, 4.69) is 15.5 Å². The van der Waals surface area contributed by atoms with Crippen LogP contribution in [0.25, 0.3) is 0 Å². The number of hydrogen-bond donors (Lipinski definition) is 1. The molecule has 2 heterocycles. The highest BCUT2D eigenvalue weighted by Crippen LogP contribution is 2.29. The Balaban J connectivity index is 1.57. The van der Waals surface area contributed by atoms with Gasteiger partial charge in [-0.25, -0.2) is 0 Å². The van der Waals surface area contributed by atoms with Crippen molar-refractivity contribution in [2.45, 2.75) is 12.8 Å². The van der Waals surface area contributed by atoms with Crippen molar-refractivity contribution in [2.24, 2.45) is 0 Å². The second-order valence-electron chi connectivity index (χ2n) is 5.65. The van der Waals surface area contributed by atoms with Crippen LogP contribution >= 0.6 is 11.3 Å². The molecule has 8 nitrogen and oxygen atoms in total.